The Morgan fingerprint density at radius 1 is 1.05 bits per heavy atom. The average molecular weight is 389 g/mol. The molecule has 2 rings (SSSR count). The highest BCUT2D eigenvalue weighted by Crippen LogP contribution is 2.48. The molecule has 1 aliphatic heterocycles. The molecule has 0 radical (unpaired) electrons. The van der Waals surface area contributed by atoms with Crippen molar-refractivity contribution in [3.63, 3.8) is 0 Å². The van der Waals surface area contributed by atoms with Gasteiger partial charge in [0.25, 0.3) is 0 Å². The van der Waals surface area contributed by atoms with Crippen LogP contribution in [0.2, 0.25) is 0 Å². The molecule has 1 aliphatic rings. The lowest BCUT2D eigenvalue weighted by Gasteiger charge is -2.28. The molecule has 0 N–H and O–H groups in total. The molecular weight excluding hydrogens is 366 g/mol. The number of nitrogens with zero attached hydrogens (tertiary/aromatic N) is 1. The number of rotatable bonds is 7. The van der Waals surface area contributed by atoms with Gasteiger partial charge in [0.1, 0.15) is 0 Å². The summed E-state index contributed by atoms with van der Waals surface area (Å²) in [7, 11) is 0. The number of hydrogen-bond acceptors (Lipinski definition) is 1. The minimum atomic E-state index is -0.153. The van der Waals surface area contributed by atoms with Crippen molar-refractivity contribution in [1.29, 1.82) is 0 Å². The van der Waals surface area contributed by atoms with Gasteiger partial charge in [-0.1, -0.05) is 63.3 Å². The smallest absolute Gasteiger partial charge is 0.159 e. The van der Waals surface area contributed by atoms with Crippen molar-refractivity contribution in [3.05, 3.63) is 35.4 Å². The molecule has 19 heavy (non-hydrogen) atoms. The van der Waals surface area contributed by atoms with Gasteiger partial charge >= 0.3 is 0 Å². The lowest BCUT2D eigenvalue weighted by atomic mass is 10.1. The highest BCUT2D eigenvalue weighted by Gasteiger charge is 2.40. The first kappa shape index (κ1) is 15.5. The maximum Gasteiger partial charge on any atom is 0.159 e. The van der Waals surface area contributed by atoms with Gasteiger partial charge in [0.2, 0.25) is 0 Å². The molecule has 1 aromatic carbocycles. The fourth-order valence-electron chi connectivity index (χ4n) is 2.73. The molecule has 106 valence electrons. The fourth-order valence-corrected chi connectivity index (χ4v) is 4.11. The molecule has 0 aliphatic carbocycles. The second-order valence-electron chi connectivity index (χ2n) is 5.39. The third kappa shape index (κ3) is 3.83. The predicted octanol–water partition coefficient (Wildman–Crippen LogP) is 5.76. The summed E-state index contributed by atoms with van der Waals surface area (Å²) in [5.74, 6) is 0. The third-order valence-corrected chi connectivity index (χ3v) is 5.74. The van der Waals surface area contributed by atoms with Crippen LogP contribution >= 0.6 is 31.9 Å². The van der Waals surface area contributed by atoms with Gasteiger partial charge in [-0.2, -0.15) is 0 Å². The summed E-state index contributed by atoms with van der Waals surface area (Å²) in [5, 5.41) is 0. The maximum atomic E-state index is 3.84. The van der Waals surface area contributed by atoms with Crippen molar-refractivity contribution in [1.82, 2.24) is 4.90 Å². The second kappa shape index (κ2) is 7.24. The molecule has 0 spiro atoms. The third-order valence-electron chi connectivity index (χ3n) is 3.88. The van der Waals surface area contributed by atoms with Gasteiger partial charge in [0, 0.05) is 13.1 Å². The Labute approximate surface area is 134 Å². The highest BCUT2D eigenvalue weighted by atomic mass is 79.9. The van der Waals surface area contributed by atoms with Crippen LogP contribution in [0.5, 0.6) is 0 Å². The van der Waals surface area contributed by atoms with Crippen LogP contribution in [0.3, 0.4) is 0 Å². The van der Waals surface area contributed by atoms with E-state index in [-0.39, 0.29) is 3.36 Å². The Morgan fingerprint density at radius 2 is 1.74 bits per heavy atom. The van der Waals surface area contributed by atoms with Crippen molar-refractivity contribution in [2.45, 2.75) is 55.4 Å². The lowest BCUT2D eigenvalue weighted by Crippen LogP contribution is -2.30. The van der Waals surface area contributed by atoms with Crippen molar-refractivity contribution < 1.29 is 0 Å². The molecule has 1 aromatic rings. The summed E-state index contributed by atoms with van der Waals surface area (Å²) < 4.78 is -0.153. The molecule has 1 heterocycles. The van der Waals surface area contributed by atoms with E-state index in [1.165, 1.54) is 49.7 Å². The van der Waals surface area contributed by atoms with Crippen LogP contribution in [-0.4, -0.2) is 11.4 Å². The Hall–Kier alpha value is 0.140. The van der Waals surface area contributed by atoms with E-state index >= 15 is 0 Å². The zero-order valence-electron chi connectivity index (χ0n) is 11.7. The zero-order chi connectivity index (χ0) is 13.7. The van der Waals surface area contributed by atoms with Gasteiger partial charge in [-0.15, -0.1) is 0 Å². The molecule has 0 amide bonds. The summed E-state index contributed by atoms with van der Waals surface area (Å²) in [5.41, 5.74) is 2.79. The van der Waals surface area contributed by atoms with Crippen LogP contribution < -0.4 is 0 Å². The van der Waals surface area contributed by atoms with Crippen molar-refractivity contribution in [2.75, 3.05) is 6.54 Å². The van der Waals surface area contributed by atoms with Gasteiger partial charge in [-0.25, -0.2) is 0 Å². The molecule has 0 bridgehead atoms. The first-order valence-electron chi connectivity index (χ1n) is 7.37. The van der Waals surface area contributed by atoms with Crippen molar-refractivity contribution >= 4 is 31.9 Å². The standard InChI is InChI=1S/C16H23Br2N/c1-2-3-4-5-6-9-12-19-13-14-10-7-8-11-15(14)16(19,17)18/h7-8,10-11H,2-6,9,12-13H2,1H3. The number of unbranched alkanes of at least 4 members (excludes halogenated alkanes) is 5. The van der Waals surface area contributed by atoms with E-state index < -0.39 is 0 Å². The van der Waals surface area contributed by atoms with Gasteiger partial charge in [0.15, 0.2) is 3.36 Å². The maximum absolute atomic E-state index is 3.84. The molecule has 0 saturated carbocycles. The molecule has 0 saturated heterocycles. The molecular formula is C16H23Br2N. The van der Waals surface area contributed by atoms with Crippen molar-refractivity contribution in [3.8, 4) is 0 Å². The molecule has 1 nitrogen and oxygen atoms in total. The van der Waals surface area contributed by atoms with Gasteiger partial charge in [0.05, 0.1) is 0 Å². The van der Waals surface area contributed by atoms with Crippen LogP contribution in [0.4, 0.5) is 0 Å². The molecule has 0 aromatic heterocycles. The number of alkyl halides is 2. The summed E-state index contributed by atoms with van der Waals surface area (Å²) in [6.07, 6.45) is 8.12. The Morgan fingerprint density at radius 3 is 2.47 bits per heavy atom. The van der Waals surface area contributed by atoms with E-state index in [1.807, 2.05) is 0 Å². The zero-order valence-corrected chi connectivity index (χ0v) is 14.8. The van der Waals surface area contributed by atoms with Gasteiger partial charge < -0.3 is 0 Å². The van der Waals surface area contributed by atoms with Crippen LogP contribution in [0.15, 0.2) is 24.3 Å². The van der Waals surface area contributed by atoms with E-state index in [1.54, 1.807) is 0 Å². The summed E-state index contributed by atoms with van der Waals surface area (Å²) in [6.45, 7) is 4.46. The Balaban J connectivity index is 1.80. The predicted molar refractivity (Wildman–Crippen MR) is 89.8 cm³/mol. The molecule has 0 atom stereocenters. The van der Waals surface area contributed by atoms with Gasteiger partial charge in [-0.05, 0) is 49.4 Å². The minimum absolute atomic E-state index is 0.153. The van der Waals surface area contributed by atoms with Gasteiger partial charge in [-0.3, -0.25) is 4.90 Å². The number of benzene rings is 1. The lowest BCUT2D eigenvalue weighted by molar-refractivity contribution is 0.256. The van der Waals surface area contributed by atoms with E-state index in [4.69, 9.17) is 0 Å². The summed E-state index contributed by atoms with van der Waals surface area (Å²) in [6, 6.07) is 8.68. The largest absolute Gasteiger partial charge is 0.271 e. The first-order chi connectivity index (χ1) is 9.16. The molecule has 3 heteroatoms. The number of hydrogen-bond donors (Lipinski definition) is 0. The highest BCUT2D eigenvalue weighted by molar-refractivity contribution is 9.24. The summed E-state index contributed by atoms with van der Waals surface area (Å²) >= 11 is 7.69. The number of fused-ring (bicyclic) bond motifs is 1. The minimum Gasteiger partial charge on any atom is -0.271 e. The molecule has 0 fully saturated rings. The monoisotopic (exact) mass is 387 g/mol. The van der Waals surface area contributed by atoms with E-state index in [9.17, 15) is 0 Å². The number of halogens is 2. The quantitative estimate of drug-likeness (QED) is 0.326. The fraction of sp³-hybridized carbons (Fsp3) is 0.625. The van der Waals surface area contributed by atoms with Crippen LogP contribution in [0.1, 0.15) is 56.6 Å². The van der Waals surface area contributed by atoms with Crippen LogP contribution in [-0.2, 0) is 9.90 Å². The van der Waals surface area contributed by atoms with E-state index in [0.29, 0.717) is 0 Å². The van der Waals surface area contributed by atoms with Crippen LogP contribution in [0.25, 0.3) is 0 Å². The van der Waals surface area contributed by atoms with E-state index in [0.717, 1.165) is 13.1 Å². The van der Waals surface area contributed by atoms with Crippen LogP contribution in [0, 0.1) is 0 Å². The SMILES string of the molecule is CCCCCCCCN1Cc2ccccc2C1(Br)Br. The Bertz CT molecular complexity index is 403. The summed E-state index contributed by atoms with van der Waals surface area (Å²) in [4.78, 5) is 2.48. The topological polar surface area (TPSA) is 3.24 Å². The second-order valence-corrected chi connectivity index (χ2v) is 8.75. The molecule has 0 unspecified atom stereocenters. The Kier molecular flexibility index (Phi) is 5.91. The average Bonchev–Trinajstić information content (AvgIpc) is 2.66. The van der Waals surface area contributed by atoms with Crippen molar-refractivity contribution in [2.24, 2.45) is 0 Å². The first-order valence-corrected chi connectivity index (χ1v) is 8.96. The normalized spacial score (nSPS) is 17.6. The van der Waals surface area contributed by atoms with E-state index in [2.05, 4.69) is 67.9 Å².